The van der Waals surface area contributed by atoms with Crippen LogP contribution in [0.4, 0.5) is 5.82 Å². The Bertz CT molecular complexity index is 1130. The van der Waals surface area contributed by atoms with Crippen molar-refractivity contribution < 1.29 is 9.90 Å². The molecule has 0 spiro atoms. The molecule has 3 rings (SSSR count). The zero-order valence-electron chi connectivity index (χ0n) is 16.1. The van der Waals surface area contributed by atoms with E-state index in [9.17, 15) is 15.2 Å². The van der Waals surface area contributed by atoms with Gasteiger partial charge in [-0.25, -0.2) is 0 Å². The molecule has 7 nitrogen and oxygen atoms in total. The van der Waals surface area contributed by atoms with Crippen molar-refractivity contribution >= 4 is 11.6 Å². The minimum Gasteiger partial charge on any atom is -0.380 e. The molecule has 1 atom stereocenters. The summed E-state index contributed by atoms with van der Waals surface area (Å²) in [5, 5.41) is 24.6. The van der Waals surface area contributed by atoms with E-state index in [1.54, 1.807) is 13.0 Å². The van der Waals surface area contributed by atoms with E-state index in [1.165, 1.54) is 24.0 Å². The third-order valence-electron chi connectivity index (χ3n) is 4.58. The Kier molecular flexibility index (Phi) is 5.54. The minimum absolute atomic E-state index is 0.0168. The number of Topliss-reactive ketones (excluding diaryl/α,β-unsaturated/α-hetero) is 1. The van der Waals surface area contributed by atoms with Crippen LogP contribution in [0.2, 0.25) is 0 Å². The highest BCUT2D eigenvalue weighted by molar-refractivity contribution is 5.88. The topological polar surface area (TPSA) is 96.2 Å². The molecule has 144 valence electrons. The van der Waals surface area contributed by atoms with Gasteiger partial charge in [0.25, 0.3) is 5.82 Å². The molecular formula is C22H19N5O2. The maximum atomic E-state index is 12.7. The number of rotatable bonds is 6. The van der Waals surface area contributed by atoms with Crippen LogP contribution >= 0.6 is 0 Å². The Hall–Kier alpha value is -3.81. The minimum atomic E-state index is -1.68. The molecule has 0 unspecified atom stereocenters. The third-order valence-corrected chi connectivity index (χ3v) is 4.58. The first-order chi connectivity index (χ1) is 13.8. The molecule has 29 heavy (non-hydrogen) atoms. The number of carbonyl (C=O) groups excluding carboxylic acids is 1. The van der Waals surface area contributed by atoms with Gasteiger partial charge in [-0.2, -0.15) is 10.4 Å². The highest BCUT2D eigenvalue weighted by Gasteiger charge is 2.31. The van der Waals surface area contributed by atoms with Crippen molar-refractivity contribution in [2.75, 3.05) is 0 Å². The van der Waals surface area contributed by atoms with Crippen molar-refractivity contribution in [3.05, 3.63) is 76.9 Å². The summed E-state index contributed by atoms with van der Waals surface area (Å²) < 4.78 is 1.42. The number of carbonyl (C=O) groups is 1. The molecule has 0 radical (unpaired) electrons. The van der Waals surface area contributed by atoms with E-state index in [4.69, 9.17) is 6.57 Å². The van der Waals surface area contributed by atoms with Crippen LogP contribution in [0.15, 0.2) is 48.8 Å². The number of nitriles is 1. The summed E-state index contributed by atoms with van der Waals surface area (Å²) in [5.74, 6) is -0.105. The predicted molar refractivity (Wildman–Crippen MR) is 107 cm³/mol. The zero-order valence-corrected chi connectivity index (χ0v) is 16.1. The Morgan fingerprint density at radius 2 is 2.10 bits per heavy atom. The summed E-state index contributed by atoms with van der Waals surface area (Å²) in [5.41, 5.74) is 1.29. The van der Waals surface area contributed by atoms with Crippen molar-refractivity contribution in [1.29, 1.82) is 5.26 Å². The number of benzene rings is 1. The van der Waals surface area contributed by atoms with Crippen LogP contribution < -0.4 is 0 Å². The molecule has 0 aliphatic rings. The number of hydrogen-bond acceptors (Lipinski definition) is 5. The lowest BCUT2D eigenvalue weighted by Crippen LogP contribution is -2.41. The normalized spacial score (nSPS) is 12.6. The van der Waals surface area contributed by atoms with Gasteiger partial charge in [0.2, 0.25) is 0 Å². The lowest BCUT2D eigenvalue weighted by atomic mass is 9.95. The SMILES string of the molecule is [C-]#[N+]c1ncc(CC(=O)[C@@](C)(O)Cn2cc(C#N)c(-c3ccccc3)n2)cc1C. The molecule has 7 heteroatoms. The summed E-state index contributed by atoms with van der Waals surface area (Å²) >= 11 is 0. The lowest BCUT2D eigenvalue weighted by Gasteiger charge is -2.21. The molecule has 2 heterocycles. The Balaban J connectivity index is 1.79. The average Bonchev–Trinajstić information content (AvgIpc) is 3.11. The fourth-order valence-electron chi connectivity index (χ4n) is 3.01. The van der Waals surface area contributed by atoms with E-state index < -0.39 is 11.4 Å². The van der Waals surface area contributed by atoms with Gasteiger partial charge in [-0.3, -0.25) is 9.48 Å². The van der Waals surface area contributed by atoms with Gasteiger partial charge in [0, 0.05) is 23.7 Å². The highest BCUT2D eigenvalue weighted by Crippen LogP contribution is 2.23. The number of aliphatic hydroxyl groups is 1. The van der Waals surface area contributed by atoms with Crippen molar-refractivity contribution in [2.24, 2.45) is 0 Å². The van der Waals surface area contributed by atoms with Crippen LogP contribution in [0, 0.1) is 24.8 Å². The Morgan fingerprint density at radius 3 is 2.72 bits per heavy atom. The monoisotopic (exact) mass is 385 g/mol. The van der Waals surface area contributed by atoms with Crippen LogP contribution in [-0.4, -0.2) is 31.3 Å². The molecule has 1 aromatic carbocycles. The van der Waals surface area contributed by atoms with Crippen LogP contribution in [-0.2, 0) is 17.8 Å². The van der Waals surface area contributed by atoms with Gasteiger partial charge in [-0.05, 0) is 19.4 Å². The second kappa shape index (κ2) is 8.05. The number of hydrogen-bond donors (Lipinski definition) is 1. The van der Waals surface area contributed by atoms with Crippen LogP contribution in [0.25, 0.3) is 16.1 Å². The van der Waals surface area contributed by atoms with Crippen LogP contribution in [0.1, 0.15) is 23.6 Å². The fraction of sp³-hybridized carbons (Fsp3) is 0.227. The largest absolute Gasteiger partial charge is 0.380 e. The highest BCUT2D eigenvalue weighted by atomic mass is 16.3. The van der Waals surface area contributed by atoms with E-state index in [1.807, 2.05) is 30.3 Å². The quantitative estimate of drug-likeness (QED) is 0.657. The van der Waals surface area contributed by atoms with Crippen molar-refractivity contribution in [1.82, 2.24) is 14.8 Å². The molecule has 2 aromatic heterocycles. The number of aromatic nitrogens is 3. The Morgan fingerprint density at radius 1 is 1.38 bits per heavy atom. The van der Waals surface area contributed by atoms with Gasteiger partial charge in [-0.15, -0.1) is 4.98 Å². The maximum Gasteiger partial charge on any atom is 0.272 e. The number of nitrogens with zero attached hydrogens (tertiary/aromatic N) is 5. The summed E-state index contributed by atoms with van der Waals surface area (Å²) in [7, 11) is 0. The summed E-state index contributed by atoms with van der Waals surface area (Å²) in [4.78, 5) is 20.0. The molecule has 1 N–H and O–H groups in total. The van der Waals surface area contributed by atoms with Gasteiger partial charge < -0.3 is 9.95 Å². The number of pyridine rings is 1. The lowest BCUT2D eigenvalue weighted by molar-refractivity contribution is -0.136. The molecule has 0 amide bonds. The molecule has 0 aliphatic carbocycles. The smallest absolute Gasteiger partial charge is 0.272 e. The first-order valence-electron chi connectivity index (χ1n) is 8.95. The standard InChI is InChI=1S/C22H19N5O2/c1-15-9-16(12-25-21(15)24-3)10-19(28)22(2,29)14-27-13-18(11-23)20(26-27)17-7-5-4-6-8-17/h4-9,12-13,29H,10,14H2,1-2H3/t22-/m0/s1. The zero-order chi connectivity index (χ0) is 21.0. The van der Waals surface area contributed by atoms with Gasteiger partial charge in [-0.1, -0.05) is 43.0 Å². The number of aryl methyl sites for hydroxylation is 1. The van der Waals surface area contributed by atoms with Crippen LogP contribution in [0.3, 0.4) is 0 Å². The first kappa shape index (κ1) is 19.9. The molecular weight excluding hydrogens is 366 g/mol. The van der Waals surface area contributed by atoms with Crippen molar-refractivity contribution in [3.8, 4) is 17.3 Å². The van der Waals surface area contributed by atoms with E-state index in [2.05, 4.69) is 21.0 Å². The van der Waals surface area contributed by atoms with Gasteiger partial charge in [0.05, 0.1) is 12.1 Å². The van der Waals surface area contributed by atoms with Crippen molar-refractivity contribution in [3.63, 3.8) is 0 Å². The molecule has 3 aromatic rings. The fourth-order valence-corrected chi connectivity index (χ4v) is 3.01. The van der Waals surface area contributed by atoms with E-state index in [0.29, 0.717) is 28.2 Å². The summed E-state index contributed by atoms with van der Waals surface area (Å²) in [6, 6.07) is 13.1. The number of ketones is 1. The van der Waals surface area contributed by atoms with E-state index >= 15 is 0 Å². The van der Waals surface area contributed by atoms with Crippen molar-refractivity contribution in [2.45, 2.75) is 32.4 Å². The predicted octanol–water partition coefficient (Wildman–Crippen LogP) is 3.24. The van der Waals surface area contributed by atoms with E-state index in [-0.39, 0.29) is 13.0 Å². The van der Waals surface area contributed by atoms with Crippen LogP contribution in [0.5, 0.6) is 0 Å². The third kappa shape index (κ3) is 4.37. The molecule has 0 fully saturated rings. The molecule has 0 saturated heterocycles. The van der Waals surface area contributed by atoms with Gasteiger partial charge in [0.1, 0.15) is 23.6 Å². The summed E-state index contributed by atoms with van der Waals surface area (Å²) in [6.45, 7) is 10.1. The molecule has 0 saturated carbocycles. The average molecular weight is 385 g/mol. The molecule has 0 bridgehead atoms. The van der Waals surface area contributed by atoms with Gasteiger partial charge in [0.15, 0.2) is 5.78 Å². The maximum absolute atomic E-state index is 12.7. The van der Waals surface area contributed by atoms with Gasteiger partial charge >= 0.3 is 0 Å². The first-order valence-corrected chi connectivity index (χ1v) is 8.95. The summed E-state index contributed by atoms with van der Waals surface area (Å²) in [6.07, 6.45) is 2.99. The Labute approximate surface area is 168 Å². The second-order valence-electron chi connectivity index (χ2n) is 7.04. The van der Waals surface area contributed by atoms with E-state index in [0.717, 1.165) is 5.56 Å². The second-order valence-corrected chi connectivity index (χ2v) is 7.04. The molecule has 0 aliphatic heterocycles.